The zero-order valence-electron chi connectivity index (χ0n) is 9.18. The Hall–Kier alpha value is -1.49. The summed E-state index contributed by atoms with van der Waals surface area (Å²) in [6, 6.07) is 0.529. The highest BCUT2D eigenvalue weighted by Gasteiger charge is 2.34. The van der Waals surface area contributed by atoms with Crippen LogP contribution in [-0.4, -0.2) is 27.1 Å². The highest BCUT2D eigenvalue weighted by atomic mass is 16.4. The second-order valence-corrected chi connectivity index (χ2v) is 4.08. The molecule has 2 rings (SSSR count). The van der Waals surface area contributed by atoms with E-state index in [4.69, 9.17) is 5.11 Å². The van der Waals surface area contributed by atoms with Crippen molar-refractivity contribution in [2.24, 2.45) is 5.92 Å². The monoisotopic (exact) mass is 221 g/mol. The van der Waals surface area contributed by atoms with E-state index in [-0.39, 0.29) is 5.56 Å². The van der Waals surface area contributed by atoms with Crippen LogP contribution in [0.5, 0.6) is 0 Å². The molecule has 5 heteroatoms. The molecule has 0 saturated heterocycles. The molecule has 0 radical (unpaired) electrons. The van der Waals surface area contributed by atoms with Gasteiger partial charge in [0.15, 0.2) is 0 Å². The average Bonchev–Trinajstić information content (AvgIpc) is 3.05. The summed E-state index contributed by atoms with van der Waals surface area (Å²) in [4.78, 5) is 18.6. The van der Waals surface area contributed by atoms with Gasteiger partial charge in [-0.25, -0.2) is 14.8 Å². The molecule has 1 heterocycles. The molecule has 16 heavy (non-hydrogen) atoms. The van der Waals surface area contributed by atoms with Gasteiger partial charge in [0.1, 0.15) is 11.9 Å². The van der Waals surface area contributed by atoms with Crippen LogP contribution in [0, 0.1) is 5.92 Å². The van der Waals surface area contributed by atoms with Gasteiger partial charge in [0, 0.05) is 18.8 Å². The van der Waals surface area contributed by atoms with Crippen LogP contribution in [-0.2, 0) is 6.54 Å². The third-order valence-electron chi connectivity index (χ3n) is 3.00. The van der Waals surface area contributed by atoms with Crippen molar-refractivity contribution in [3.05, 3.63) is 23.8 Å². The van der Waals surface area contributed by atoms with Crippen molar-refractivity contribution in [1.82, 2.24) is 15.3 Å². The van der Waals surface area contributed by atoms with E-state index in [1.807, 2.05) is 0 Å². The predicted molar refractivity (Wildman–Crippen MR) is 58.0 cm³/mol. The Bertz CT molecular complexity index is 395. The Labute approximate surface area is 93.9 Å². The van der Waals surface area contributed by atoms with Gasteiger partial charge in [0.25, 0.3) is 0 Å². The zero-order valence-corrected chi connectivity index (χ0v) is 9.18. The van der Waals surface area contributed by atoms with Crippen LogP contribution >= 0.6 is 0 Å². The molecule has 1 aromatic heterocycles. The molecular weight excluding hydrogens is 206 g/mol. The van der Waals surface area contributed by atoms with E-state index in [0.717, 1.165) is 5.92 Å². The van der Waals surface area contributed by atoms with E-state index in [2.05, 4.69) is 22.2 Å². The number of carboxylic acid groups (broad SMARTS) is 1. The summed E-state index contributed by atoms with van der Waals surface area (Å²) < 4.78 is 0. The third-order valence-corrected chi connectivity index (χ3v) is 3.00. The molecule has 1 aliphatic rings. The lowest BCUT2D eigenvalue weighted by Crippen LogP contribution is -2.20. The van der Waals surface area contributed by atoms with Gasteiger partial charge in [0.05, 0.1) is 5.69 Å². The molecule has 1 aliphatic carbocycles. The van der Waals surface area contributed by atoms with Crippen molar-refractivity contribution < 1.29 is 9.90 Å². The lowest BCUT2D eigenvalue weighted by atomic mass is 10.2. The van der Waals surface area contributed by atoms with Crippen molar-refractivity contribution in [3.8, 4) is 0 Å². The Morgan fingerprint density at radius 2 is 2.50 bits per heavy atom. The van der Waals surface area contributed by atoms with E-state index < -0.39 is 5.97 Å². The molecule has 1 fully saturated rings. The molecule has 1 aromatic rings. The van der Waals surface area contributed by atoms with Crippen LogP contribution in [0.25, 0.3) is 0 Å². The van der Waals surface area contributed by atoms with Crippen molar-refractivity contribution in [2.75, 3.05) is 0 Å². The first-order valence-electron chi connectivity index (χ1n) is 5.48. The Morgan fingerprint density at radius 1 is 1.69 bits per heavy atom. The fourth-order valence-electron chi connectivity index (χ4n) is 1.85. The fourth-order valence-corrected chi connectivity index (χ4v) is 1.85. The Balaban J connectivity index is 1.96. The van der Waals surface area contributed by atoms with Gasteiger partial charge >= 0.3 is 5.97 Å². The molecule has 0 amide bonds. The van der Waals surface area contributed by atoms with Crippen molar-refractivity contribution in [3.63, 3.8) is 0 Å². The molecular formula is C11H15N3O2. The normalized spacial score (nSPS) is 23.1. The van der Waals surface area contributed by atoms with E-state index in [0.29, 0.717) is 18.3 Å². The van der Waals surface area contributed by atoms with Crippen LogP contribution < -0.4 is 5.32 Å². The highest BCUT2D eigenvalue weighted by molar-refractivity contribution is 5.88. The Morgan fingerprint density at radius 3 is 3.12 bits per heavy atom. The summed E-state index contributed by atoms with van der Waals surface area (Å²) in [5.41, 5.74) is 0.743. The molecule has 86 valence electrons. The number of carboxylic acids is 1. The van der Waals surface area contributed by atoms with Gasteiger partial charge in [-0.1, -0.05) is 13.3 Å². The molecule has 1 saturated carbocycles. The zero-order chi connectivity index (χ0) is 11.5. The summed E-state index contributed by atoms with van der Waals surface area (Å²) >= 11 is 0. The molecule has 5 nitrogen and oxygen atoms in total. The maximum atomic E-state index is 10.9. The van der Waals surface area contributed by atoms with Gasteiger partial charge in [-0.2, -0.15) is 0 Å². The minimum absolute atomic E-state index is 0.184. The largest absolute Gasteiger partial charge is 0.478 e. The Kier molecular flexibility index (Phi) is 3.14. The second-order valence-electron chi connectivity index (χ2n) is 4.08. The SMILES string of the molecule is CCC1CC1NCc1ncncc1C(=O)O. The fraction of sp³-hybridized carbons (Fsp3) is 0.545. The average molecular weight is 221 g/mol. The van der Waals surface area contributed by atoms with Gasteiger partial charge in [-0.15, -0.1) is 0 Å². The molecule has 2 N–H and O–H groups in total. The number of nitrogens with zero attached hydrogens (tertiary/aromatic N) is 2. The summed E-state index contributed by atoms with van der Waals surface area (Å²) in [5, 5.41) is 12.3. The molecule has 0 aromatic carbocycles. The van der Waals surface area contributed by atoms with E-state index in [1.165, 1.54) is 25.4 Å². The first-order valence-corrected chi connectivity index (χ1v) is 5.48. The van der Waals surface area contributed by atoms with Gasteiger partial charge < -0.3 is 10.4 Å². The van der Waals surface area contributed by atoms with Crippen LogP contribution in [0.15, 0.2) is 12.5 Å². The molecule has 0 bridgehead atoms. The quantitative estimate of drug-likeness (QED) is 0.777. The van der Waals surface area contributed by atoms with Crippen molar-refractivity contribution in [2.45, 2.75) is 32.4 Å². The molecule has 2 atom stereocenters. The van der Waals surface area contributed by atoms with Crippen LogP contribution in [0.2, 0.25) is 0 Å². The summed E-state index contributed by atoms with van der Waals surface area (Å²) in [6.45, 7) is 2.67. The van der Waals surface area contributed by atoms with E-state index in [9.17, 15) is 4.79 Å². The molecule has 0 spiro atoms. The first kappa shape index (κ1) is 11.0. The summed E-state index contributed by atoms with van der Waals surface area (Å²) in [7, 11) is 0. The maximum Gasteiger partial charge on any atom is 0.339 e. The predicted octanol–water partition coefficient (Wildman–Crippen LogP) is 1.06. The number of aromatic nitrogens is 2. The highest BCUT2D eigenvalue weighted by Crippen LogP contribution is 2.33. The standard InChI is InChI=1S/C11H15N3O2/c1-2-7-3-9(7)13-5-10-8(11(15)16)4-12-6-14-10/h4,6-7,9,13H,2-3,5H2,1H3,(H,15,16). The van der Waals surface area contributed by atoms with Crippen LogP contribution in [0.4, 0.5) is 0 Å². The summed E-state index contributed by atoms with van der Waals surface area (Å²) in [6.07, 6.45) is 5.08. The first-order chi connectivity index (χ1) is 7.72. The van der Waals surface area contributed by atoms with Crippen molar-refractivity contribution >= 4 is 5.97 Å². The van der Waals surface area contributed by atoms with Gasteiger partial charge in [-0.05, 0) is 12.3 Å². The smallest absolute Gasteiger partial charge is 0.339 e. The number of carbonyl (C=O) groups is 1. The number of aromatic carboxylic acids is 1. The van der Waals surface area contributed by atoms with Gasteiger partial charge in [-0.3, -0.25) is 0 Å². The number of rotatable bonds is 5. The second kappa shape index (κ2) is 4.57. The minimum atomic E-state index is -0.972. The molecule has 2 unspecified atom stereocenters. The number of hydrogen-bond donors (Lipinski definition) is 2. The van der Waals surface area contributed by atoms with Crippen LogP contribution in [0.1, 0.15) is 35.8 Å². The van der Waals surface area contributed by atoms with E-state index >= 15 is 0 Å². The topological polar surface area (TPSA) is 75.1 Å². The van der Waals surface area contributed by atoms with Crippen LogP contribution in [0.3, 0.4) is 0 Å². The lowest BCUT2D eigenvalue weighted by Gasteiger charge is -2.05. The number of hydrogen-bond acceptors (Lipinski definition) is 4. The van der Waals surface area contributed by atoms with E-state index in [1.54, 1.807) is 0 Å². The minimum Gasteiger partial charge on any atom is -0.478 e. The van der Waals surface area contributed by atoms with Crippen molar-refractivity contribution in [1.29, 1.82) is 0 Å². The molecule has 0 aliphatic heterocycles. The number of nitrogens with one attached hydrogen (secondary N) is 1. The lowest BCUT2D eigenvalue weighted by molar-refractivity contribution is 0.0694. The maximum absolute atomic E-state index is 10.9. The summed E-state index contributed by atoms with van der Waals surface area (Å²) in [5.74, 6) is -0.227. The van der Waals surface area contributed by atoms with Gasteiger partial charge in [0.2, 0.25) is 0 Å². The third kappa shape index (κ3) is 2.36.